The van der Waals surface area contributed by atoms with Crippen LogP contribution in [0, 0.1) is 26.7 Å². The Kier molecular flexibility index (Phi) is 6.14. The van der Waals surface area contributed by atoms with Crippen LogP contribution in [0.5, 0.6) is 0 Å². The number of aryl methyl sites for hydroxylation is 3. The van der Waals surface area contributed by atoms with Crippen molar-refractivity contribution in [3.63, 3.8) is 0 Å². The zero-order valence-corrected chi connectivity index (χ0v) is 18.1. The molecule has 30 heavy (non-hydrogen) atoms. The van der Waals surface area contributed by atoms with Crippen molar-refractivity contribution in [2.75, 3.05) is 18.4 Å². The fourth-order valence-electron chi connectivity index (χ4n) is 4.35. The van der Waals surface area contributed by atoms with E-state index in [1.807, 2.05) is 32.9 Å². The summed E-state index contributed by atoms with van der Waals surface area (Å²) in [6.07, 6.45) is 2.91. The largest absolute Gasteiger partial charge is 0.345 e. The van der Waals surface area contributed by atoms with E-state index in [4.69, 9.17) is 0 Å². The lowest BCUT2D eigenvalue weighted by Gasteiger charge is -2.33. The molecule has 8 heteroatoms. The highest BCUT2D eigenvalue weighted by Crippen LogP contribution is 2.36. The third-order valence-corrected chi connectivity index (χ3v) is 6.06. The van der Waals surface area contributed by atoms with Crippen molar-refractivity contribution in [1.29, 1.82) is 0 Å². The average Bonchev–Trinajstić information content (AvgIpc) is 2.90. The Morgan fingerprint density at radius 1 is 1.10 bits per heavy atom. The molecule has 1 aliphatic carbocycles. The van der Waals surface area contributed by atoms with E-state index in [1.54, 1.807) is 0 Å². The molecule has 0 unspecified atom stereocenters. The molecule has 1 aliphatic heterocycles. The molecule has 1 aromatic rings. The van der Waals surface area contributed by atoms with Crippen LogP contribution in [-0.4, -0.2) is 47.3 Å². The molecule has 0 atom stereocenters. The Morgan fingerprint density at radius 3 is 2.30 bits per heavy atom. The van der Waals surface area contributed by atoms with Crippen LogP contribution in [0.3, 0.4) is 0 Å². The monoisotopic (exact) mass is 414 g/mol. The molecule has 2 fully saturated rings. The van der Waals surface area contributed by atoms with Gasteiger partial charge in [0.2, 0.25) is 11.8 Å². The number of hydrogen-bond donors (Lipinski definition) is 3. The number of amides is 5. The number of benzene rings is 1. The fourth-order valence-corrected chi connectivity index (χ4v) is 4.35. The lowest BCUT2D eigenvalue weighted by molar-refractivity contribution is -0.136. The third kappa shape index (κ3) is 4.47. The van der Waals surface area contributed by atoms with Crippen molar-refractivity contribution in [3.05, 3.63) is 28.8 Å². The molecule has 1 spiro atoms. The molecule has 0 aromatic heterocycles. The molecule has 1 saturated carbocycles. The van der Waals surface area contributed by atoms with Gasteiger partial charge >= 0.3 is 6.03 Å². The van der Waals surface area contributed by atoms with Gasteiger partial charge in [-0.25, -0.2) is 4.79 Å². The Morgan fingerprint density at radius 2 is 1.70 bits per heavy atom. The van der Waals surface area contributed by atoms with Gasteiger partial charge in [-0.3, -0.25) is 19.3 Å². The van der Waals surface area contributed by atoms with Gasteiger partial charge in [-0.15, -0.1) is 0 Å². The van der Waals surface area contributed by atoms with E-state index in [9.17, 15) is 19.2 Å². The fraction of sp³-hybridized carbons (Fsp3) is 0.545. The number of rotatable bonds is 5. The molecule has 3 N–H and O–H groups in total. The lowest BCUT2D eigenvalue weighted by Crippen LogP contribution is -2.50. The number of urea groups is 1. The first kappa shape index (κ1) is 21.8. The first-order valence-electron chi connectivity index (χ1n) is 10.4. The van der Waals surface area contributed by atoms with E-state index in [0.29, 0.717) is 18.8 Å². The van der Waals surface area contributed by atoms with E-state index in [1.165, 1.54) is 0 Å². The molecule has 162 valence electrons. The van der Waals surface area contributed by atoms with E-state index >= 15 is 0 Å². The van der Waals surface area contributed by atoms with Crippen LogP contribution in [0.1, 0.15) is 49.3 Å². The Balaban J connectivity index is 1.53. The first-order chi connectivity index (χ1) is 14.1. The number of nitrogens with one attached hydrogen (secondary N) is 3. The predicted octanol–water partition coefficient (Wildman–Crippen LogP) is 2.17. The maximum atomic E-state index is 12.8. The van der Waals surface area contributed by atoms with Gasteiger partial charge in [0.1, 0.15) is 12.1 Å². The molecule has 0 bridgehead atoms. The second kappa shape index (κ2) is 8.45. The zero-order valence-electron chi connectivity index (χ0n) is 18.1. The summed E-state index contributed by atoms with van der Waals surface area (Å²) in [5.41, 5.74) is 2.84. The number of anilines is 1. The van der Waals surface area contributed by atoms with Crippen LogP contribution in [0.15, 0.2) is 12.1 Å². The third-order valence-electron chi connectivity index (χ3n) is 6.06. The van der Waals surface area contributed by atoms with Crippen LogP contribution in [0.2, 0.25) is 0 Å². The standard InChI is InChI=1S/C22H30N4O4/c1-13-5-7-22(8-6-13)20(29)26(21(30)25-22)12-18(28)23-11-17(27)24-19-15(3)9-14(2)10-16(19)4/h9-10,13H,5-8,11-12H2,1-4H3,(H,23,28)(H,24,27)(H,25,30). The number of imide groups is 1. The van der Waals surface area contributed by atoms with Gasteiger partial charge in [0.05, 0.1) is 6.54 Å². The highest BCUT2D eigenvalue weighted by atomic mass is 16.2. The van der Waals surface area contributed by atoms with Crippen molar-refractivity contribution >= 4 is 29.4 Å². The highest BCUT2D eigenvalue weighted by molar-refractivity contribution is 6.09. The van der Waals surface area contributed by atoms with Crippen LogP contribution < -0.4 is 16.0 Å². The van der Waals surface area contributed by atoms with Crippen molar-refractivity contribution in [3.8, 4) is 0 Å². The van der Waals surface area contributed by atoms with Crippen LogP contribution >= 0.6 is 0 Å². The van der Waals surface area contributed by atoms with Crippen molar-refractivity contribution in [1.82, 2.24) is 15.5 Å². The minimum absolute atomic E-state index is 0.238. The van der Waals surface area contributed by atoms with Crippen molar-refractivity contribution in [2.24, 2.45) is 5.92 Å². The van der Waals surface area contributed by atoms with Gasteiger partial charge in [0, 0.05) is 5.69 Å². The molecular formula is C22H30N4O4. The van der Waals surface area contributed by atoms with Gasteiger partial charge in [-0.1, -0.05) is 24.6 Å². The van der Waals surface area contributed by atoms with Crippen LogP contribution in [0.25, 0.3) is 0 Å². The summed E-state index contributed by atoms with van der Waals surface area (Å²) in [6.45, 7) is 7.31. The Bertz CT molecular complexity index is 864. The molecule has 1 saturated heterocycles. The summed E-state index contributed by atoms with van der Waals surface area (Å²) in [5.74, 6) is -0.734. The summed E-state index contributed by atoms with van der Waals surface area (Å²) in [7, 11) is 0. The predicted molar refractivity (Wildman–Crippen MR) is 113 cm³/mol. The smallest absolute Gasteiger partial charge is 0.325 e. The number of hydrogen-bond acceptors (Lipinski definition) is 4. The summed E-state index contributed by atoms with van der Waals surface area (Å²) < 4.78 is 0. The first-order valence-corrected chi connectivity index (χ1v) is 10.4. The topological polar surface area (TPSA) is 108 Å². The summed E-state index contributed by atoms with van der Waals surface area (Å²) in [6, 6.07) is 3.40. The van der Waals surface area contributed by atoms with Crippen LogP contribution in [-0.2, 0) is 14.4 Å². The maximum absolute atomic E-state index is 12.8. The molecule has 1 aromatic carbocycles. The quantitative estimate of drug-likeness (QED) is 0.642. The van der Waals surface area contributed by atoms with Gasteiger partial charge in [0.15, 0.2) is 0 Å². The minimum Gasteiger partial charge on any atom is -0.345 e. The number of carbonyl (C=O) groups is 4. The van der Waals surface area contributed by atoms with Gasteiger partial charge in [0.25, 0.3) is 5.91 Å². The minimum atomic E-state index is -0.873. The van der Waals surface area contributed by atoms with Gasteiger partial charge in [-0.05, 0) is 63.5 Å². The maximum Gasteiger partial charge on any atom is 0.325 e. The molecule has 1 heterocycles. The number of nitrogens with zero attached hydrogens (tertiary/aromatic N) is 1. The molecule has 0 radical (unpaired) electrons. The molecule has 8 nitrogen and oxygen atoms in total. The number of carbonyl (C=O) groups excluding carboxylic acids is 4. The normalized spacial score (nSPS) is 23.5. The highest BCUT2D eigenvalue weighted by Gasteiger charge is 2.52. The summed E-state index contributed by atoms with van der Waals surface area (Å²) >= 11 is 0. The molecular weight excluding hydrogens is 384 g/mol. The molecule has 3 rings (SSSR count). The lowest BCUT2D eigenvalue weighted by atomic mass is 9.77. The van der Waals surface area contributed by atoms with Crippen molar-refractivity contribution < 1.29 is 19.2 Å². The van der Waals surface area contributed by atoms with E-state index in [-0.39, 0.29) is 18.4 Å². The summed E-state index contributed by atoms with van der Waals surface area (Å²) in [4.78, 5) is 50.6. The van der Waals surface area contributed by atoms with E-state index in [0.717, 1.165) is 40.1 Å². The Labute approximate surface area is 176 Å². The second-order valence-corrected chi connectivity index (χ2v) is 8.68. The SMILES string of the molecule is Cc1cc(C)c(NC(=O)CNC(=O)CN2C(=O)NC3(CCC(C)CC3)C2=O)c(C)c1. The van der Waals surface area contributed by atoms with Gasteiger partial charge in [-0.2, -0.15) is 0 Å². The van der Waals surface area contributed by atoms with Gasteiger partial charge < -0.3 is 16.0 Å². The van der Waals surface area contributed by atoms with E-state index in [2.05, 4.69) is 22.9 Å². The van der Waals surface area contributed by atoms with E-state index < -0.39 is 24.0 Å². The zero-order chi connectivity index (χ0) is 22.1. The summed E-state index contributed by atoms with van der Waals surface area (Å²) in [5, 5.41) is 8.09. The van der Waals surface area contributed by atoms with Crippen molar-refractivity contribution in [2.45, 2.75) is 58.9 Å². The average molecular weight is 415 g/mol. The Hall–Kier alpha value is -2.90. The molecule has 5 amide bonds. The van der Waals surface area contributed by atoms with Crippen LogP contribution in [0.4, 0.5) is 10.5 Å². The molecule has 2 aliphatic rings. The second-order valence-electron chi connectivity index (χ2n) is 8.68.